The van der Waals surface area contributed by atoms with E-state index in [-0.39, 0.29) is 40.8 Å². The van der Waals surface area contributed by atoms with Crippen LogP contribution in [-0.4, -0.2) is 21.8 Å². The molecule has 2 aromatic rings. The summed E-state index contributed by atoms with van der Waals surface area (Å²) in [6.07, 6.45) is 0. The van der Waals surface area contributed by atoms with Gasteiger partial charge in [-0.15, -0.1) is 82.1 Å². The second-order valence-electron chi connectivity index (χ2n) is 3.92. The summed E-state index contributed by atoms with van der Waals surface area (Å²) in [6.45, 7) is 3.46. The van der Waals surface area contributed by atoms with E-state index in [0.29, 0.717) is 11.4 Å². The standard InChI is InChI=1S/2C8H8NO.2Pd/c2*1-7(9-10)8-5-3-2-4-6-8;;/h2*2-5,10H,1H3;;/q2*-1;;/b2*9-7+;;. The van der Waals surface area contributed by atoms with Crippen molar-refractivity contribution in [2.45, 2.75) is 13.8 Å². The van der Waals surface area contributed by atoms with Crippen molar-refractivity contribution in [3.05, 3.63) is 71.8 Å². The molecule has 0 aliphatic carbocycles. The minimum Gasteiger partial charge on any atom is -0.420 e. The molecule has 2 rings (SSSR count). The van der Waals surface area contributed by atoms with E-state index in [2.05, 4.69) is 22.4 Å². The molecule has 0 aliphatic heterocycles. The topological polar surface area (TPSA) is 65.2 Å². The van der Waals surface area contributed by atoms with Gasteiger partial charge in [-0.3, -0.25) is 0 Å². The Hall–Kier alpha value is -1.30. The molecule has 22 heavy (non-hydrogen) atoms. The molecule has 0 amide bonds. The fraction of sp³-hybridized carbons (Fsp3) is 0.125. The maximum atomic E-state index is 8.36. The van der Waals surface area contributed by atoms with Crippen LogP contribution < -0.4 is 0 Å². The molecule has 0 atom stereocenters. The average molecular weight is 481 g/mol. The fourth-order valence-corrected chi connectivity index (χ4v) is 1.34. The van der Waals surface area contributed by atoms with Crippen molar-refractivity contribution in [1.82, 2.24) is 0 Å². The van der Waals surface area contributed by atoms with Crippen molar-refractivity contribution in [2.75, 3.05) is 0 Å². The van der Waals surface area contributed by atoms with Crippen LogP contribution in [-0.2, 0) is 40.8 Å². The van der Waals surface area contributed by atoms with Gasteiger partial charge in [-0.2, -0.15) is 0 Å². The Bertz CT molecular complexity index is 520. The van der Waals surface area contributed by atoms with Gasteiger partial charge >= 0.3 is 0 Å². The minimum absolute atomic E-state index is 0. The maximum absolute atomic E-state index is 8.36. The van der Waals surface area contributed by atoms with Gasteiger partial charge in [0, 0.05) is 52.3 Å². The Morgan fingerprint density at radius 1 is 0.773 bits per heavy atom. The van der Waals surface area contributed by atoms with Gasteiger partial charge in [0.2, 0.25) is 0 Å². The second-order valence-corrected chi connectivity index (χ2v) is 3.92. The van der Waals surface area contributed by atoms with Crippen LogP contribution in [0.3, 0.4) is 0 Å². The monoisotopic (exact) mass is 480 g/mol. The van der Waals surface area contributed by atoms with E-state index in [1.807, 2.05) is 36.4 Å². The van der Waals surface area contributed by atoms with Crippen LogP contribution in [0.5, 0.6) is 0 Å². The summed E-state index contributed by atoms with van der Waals surface area (Å²) in [5.74, 6) is 0. The summed E-state index contributed by atoms with van der Waals surface area (Å²) in [7, 11) is 0. The molecule has 0 unspecified atom stereocenters. The summed E-state index contributed by atoms with van der Waals surface area (Å²) in [5.41, 5.74) is 2.82. The van der Waals surface area contributed by atoms with E-state index < -0.39 is 0 Å². The molecule has 2 N–H and O–H groups in total. The minimum atomic E-state index is 0. The second kappa shape index (κ2) is 13.4. The third-order valence-corrected chi connectivity index (χ3v) is 2.50. The van der Waals surface area contributed by atoms with Crippen LogP contribution >= 0.6 is 0 Å². The molecule has 4 nitrogen and oxygen atoms in total. The van der Waals surface area contributed by atoms with Crippen LogP contribution in [0.15, 0.2) is 58.8 Å². The van der Waals surface area contributed by atoms with Crippen LogP contribution in [0.1, 0.15) is 25.0 Å². The van der Waals surface area contributed by atoms with E-state index in [9.17, 15) is 0 Å². The summed E-state index contributed by atoms with van der Waals surface area (Å²) >= 11 is 0. The van der Waals surface area contributed by atoms with E-state index in [0.717, 1.165) is 11.1 Å². The van der Waals surface area contributed by atoms with E-state index in [1.165, 1.54) is 0 Å². The van der Waals surface area contributed by atoms with Crippen molar-refractivity contribution >= 4 is 11.4 Å². The van der Waals surface area contributed by atoms with Crippen LogP contribution in [0.2, 0.25) is 0 Å². The van der Waals surface area contributed by atoms with Gasteiger partial charge in [-0.1, -0.05) is 13.8 Å². The number of nitrogens with zero attached hydrogens (tertiary/aromatic N) is 2. The smallest absolute Gasteiger partial charge is 0.00216 e. The Morgan fingerprint density at radius 3 is 1.36 bits per heavy atom. The number of hydrogen-bond acceptors (Lipinski definition) is 4. The van der Waals surface area contributed by atoms with Gasteiger partial charge in [0.15, 0.2) is 0 Å². The fourth-order valence-electron chi connectivity index (χ4n) is 1.34. The van der Waals surface area contributed by atoms with Gasteiger partial charge in [0.05, 0.1) is 0 Å². The van der Waals surface area contributed by atoms with Crippen molar-refractivity contribution < 1.29 is 51.3 Å². The maximum Gasteiger partial charge on any atom is 0.00216 e. The molecule has 0 radical (unpaired) electrons. The number of oxime groups is 2. The molecule has 0 aromatic heterocycles. The average Bonchev–Trinajstić information content (AvgIpc) is 2.55. The SMILES string of the molecule is C/C(=N\O)c1[c-]cccc1.C/C(=N\O)c1[c-]cccc1.[Pd].[Pd]. The molecule has 0 bridgehead atoms. The first kappa shape index (κ1) is 23.0. The Kier molecular flexibility index (Phi) is 14.0. The molecular weight excluding hydrogens is 465 g/mol. The summed E-state index contributed by atoms with van der Waals surface area (Å²) in [6, 6.07) is 20.6. The van der Waals surface area contributed by atoms with Crippen molar-refractivity contribution in [1.29, 1.82) is 0 Å². The molecule has 0 fully saturated rings. The molecule has 0 heterocycles. The first-order chi connectivity index (χ1) is 9.69. The molecular formula is C16H16N2O2Pd2-2. The Balaban J connectivity index is 0. The quantitative estimate of drug-likeness (QED) is 0.227. The predicted molar refractivity (Wildman–Crippen MR) is 78.6 cm³/mol. The van der Waals surface area contributed by atoms with Gasteiger partial charge < -0.3 is 10.4 Å². The largest absolute Gasteiger partial charge is 0.420 e. The van der Waals surface area contributed by atoms with Crippen molar-refractivity contribution in [3.8, 4) is 0 Å². The summed E-state index contributed by atoms with van der Waals surface area (Å²) < 4.78 is 0. The molecule has 0 aliphatic rings. The van der Waals surface area contributed by atoms with Gasteiger partial charge in [-0.05, 0) is 0 Å². The molecule has 2 aromatic carbocycles. The summed E-state index contributed by atoms with van der Waals surface area (Å²) in [4.78, 5) is 0. The van der Waals surface area contributed by atoms with Crippen LogP contribution in [0.4, 0.5) is 0 Å². The van der Waals surface area contributed by atoms with Crippen LogP contribution in [0.25, 0.3) is 0 Å². The van der Waals surface area contributed by atoms with Gasteiger partial charge in [0.1, 0.15) is 0 Å². The Labute approximate surface area is 158 Å². The first-order valence-electron chi connectivity index (χ1n) is 6.00. The molecule has 0 saturated carbocycles. The van der Waals surface area contributed by atoms with E-state index >= 15 is 0 Å². The number of benzene rings is 2. The first-order valence-corrected chi connectivity index (χ1v) is 6.00. The third kappa shape index (κ3) is 8.22. The normalized spacial score (nSPS) is 10.5. The number of hydrogen-bond donors (Lipinski definition) is 2. The summed E-state index contributed by atoms with van der Waals surface area (Å²) in [5, 5.41) is 22.8. The van der Waals surface area contributed by atoms with Gasteiger partial charge in [0.25, 0.3) is 0 Å². The number of rotatable bonds is 2. The zero-order valence-corrected chi connectivity index (χ0v) is 15.1. The Morgan fingerprint density at radius 2 is 1.14 bits per heavy atom. The third-order valence-electron chi connectivity index (χ3n) is 2.50. The van der Waals surface area contributed by atoms with Gasteiger partial charge in [-0.25, -0.2) is 0 Å². The van der Waals surface area contributed by atoms with E-state index in [4.69, 9.17) is 10.4 Å². The van der Waals surface area contributed by atoms with Crippen molar-refractivity contribution in [3.63, 3.8) is 0 Å². The van der Waals surface area contributed by atoms with Crippen LogP contribution in [0, 0.1) is 12.1 Å². The van der Waals surface area contributed by atoms with E-state index in [1.54, 1.807) is 26.0 Å². The predicted octanol–water partition coefficient (Wildman–Crippen LogP) is 3.36. The zero-order valence-electron chi connectivity index (χ0n) is 12.0. The zero-order chi connectivity index (χ0) is 14.8. The van der Waals surface area contributed by atoms with Crippen molar-refractivity contribution in [2.24, 2.45) is 10.3 Å². The molecule has 6 heteroatoms. The molecule has 0 spiro atoms. The molecule has 0 saturated heterocycles. The molecule has 124 valence electrons.